The van der Waals surface area contributed by atoms with Crippen molar-refractivity contribution in [3.8, 4) is 28.5 Å². The fourth-order valence-corrected chi connectivity index (χ4v) is 4.29. The lowest BCUT2D eigenvalue weighted by Gasteiger charge is -2.15. The smallest absolute Gasteiger partial charge is 0.241 e. The predicted octanol–water partition coefficient (Wildman–Crippen LogP) is 3.11. The van der Waals surface area contributed by atoms with E-state index in [9.17, 15) is 12.8 Å². The molecule has 1 atom stereocenters. The Hall–Kier alpha value is -3.35. The molecular formula is C20H18FN5O2S. The van der Waals surface area contributed by atoms with Crippen LogP contribution in [0, 0.1) is 17.1 Å². The van der Waals surface area contributed by atoms with Crippen molar-refractivity contribution < 1.29 is 12.8 Å². The van der Waals surface area contributed by atoms with E-state index < -0.39 is 21.9 Å². The standard InChI is InChI=1S/C20H18FN5O2S/c1-13(8-9-22)26-29(27,28)19-5-3-2-4-15(19)14-6-7-16(17(21)10-14)18-11-25-20(23)12-24-18/h2-7,10-13,26H,8H2,1H3,(H2,23,25). The Morgan fingerprint density at radius 2 is 1.93 bits per heavy atom. The van der Waals surface area contributed by atoms with Crippen LogP contribution in [0.25, 0.3) is 22.4 Å². The van der Waals surface area contributed by atoms with Crippen LogP contribution in [-0.2, 0) is 10.0 Å². The molecule has 1 unspecified atom stereocenters. The monoisotopic (exact) mass is 411 g/mol. The zero-order valence-corrected chi connectivity index (χ0v) is 16.3. The number of sulfonamides is 1. The van der Waals surface area contributed by atoms with E-state index >= 15 is 0 Å². The van der Waals surface area contributed by atoms with Gasteiger partial charge in [0.2, 0.25) is 10.0 Å². The average molecular weight is 411 g/mol. The lowest BCUT2D eigenvalue weighted by molar-refractivity contribution is 0.563. The molecule has 1 heterocycles. The quantitative estimate of drug-likeness (QED) is 0.643. The highest BCUT2D eigenvalue weighted by atomic mass is 32.2. The second kappa shape index (κ2) is 8.34. The maximum absolute atomic E-state index is 14.8. The predicted molar refractivity (Wildman–Crippen MR) is 107 cm³/mol. The van der Waals surface area contributed by atoms with Crippen molar-refractivity contribution >= 4 is 15.8 Å². The summed E-state index contributed by atoms with van der Waals surface area (Å²) in [6.45, 7) is 1.60. The molecule has 0 amide bonds. The number of rotatable bonds is 6. The summed E-state index contributed by atoms with van der Waals surface area (Å²) in [6, 6.07) is 12.0. The number of hydrogen-bond acceptors (Lipinski definition) is 6. The fourth-order valence-electron chi connectivity index (χ4n) is 2.81. The summed E-state index contributed by atoms with van der Waals surface area (Å²) >= 11 is 0. The normalized spacial score (nSPS) is 12.3. The summed E-state index contributed by atoms with van der Waals surface area (Å²) in [5, 5.41) is 8.76. The summed E-state index contributed by atoms with van der Waals surface area (Å²) in [4.78, 5) is 7.97. The number of anilines is 1. The molecule has 9 heteroatoms. The van der Waals surface area contributed by atoms with Crippen LogP contribution >= 0.6 is 0 Å². The minimum atomic E-state index is -3.90. The Kier molecular flexibility index (Phi) is 5.87. The maximum Gasteiger partial charge on any atom is 0.241 e. The van der Waals surface area contributed by atoms with Crippen LogP contribution in [0.3, 0.4) is 0 Å². The number of nitrogens with zero attached hydrogens (tertiary/aromatic N) is 3. The van der Waals surface area contributed by atoms with Crippen LogP contribution < -0.4 is 10.5 Å². The molecule has 0 saturated carbocycles. The van der Waals surface area contributed by atoms with Gasteiger partial charge >= 0.3 is 0 Å². The Morgan fingerprint density at radius 3 is 2.59 bits per heavy atom. The van der Waals surface area contributed by atoms with E-state index in [1.807, 2.05) is 6.07 Å². The first-order valence-corrected chi connectivity index (χ1v) is 10.2. The molecule has 3 rings (SSSR count). The zero-order valence-electron chi connectivity index (χ0n) is 15.5. The highest BCUT2D eigenvalue weighted by Crippen LogP contribution is 2.31. The summed E-state index contributed by atoms with van der Waals surface area (Å²) < 4.78 is 42.8. The molecule has 0 fully saturated rings. The van der Waals surface area contributed by atoms with E-state index in [4.69, 9.17) is 11.0 Å². The number of nitrogen functional groups attached to an aromatic ring is 1. The van der Waals surface area contributed by atoms with E-state index in [-0.39, 0.29) is 22.7 Å². The SMILES string of the molecule is CC(CC#N)NS(=O)(=O)c1ccccc1-c1ccc(-c2cnc(N)cn2)c(F)c1. The first kappa shape index (κ1) is 20.4. The van der Waals surface area contributed by atoms with Gasteiger partial charge in [-0.3, -0.25) is 4.98 Å². The molecule has 0 radical (unpaired) electrons. The van der Waals surface area contributed by atoms with Gasteiger partial charge in [0.15, 0.2) is 0 Å². The van der Waals surface area contributed by atoms with Crippen molar-refractivity contribution in [1.29, 1.82) is 5.26 Å². The second-order valence-electron chi connectivity index (χ2n) is 6.40. The number of nitrogens with two attached hydrogens (primary N) is 1. The molecule has 0 bridgehead atoms. The Balaban J connectivity index is 2.01. The van der Waals surface area contributed by atoms with Gasteiger partial charge in [0.05, 0.1) is 35.5 Å². The fraction of sp³-hybridized carbons (Fsp3) is 0.150. The minimum Gasteiger partial charge on any atom is -0.382 e. The molecule has 0 saturated heterocycles. The third-order valence-corrected chi connectivity index (χ3v) is 5.81. The van der Waals surface area contributed by atoms with Crippen LogP contribution in [0.15, 0.2) is 59.8 Å². The highest BCUT2D eigenvalue weighted by molar-refractivity contribution is 7.89. The highest BCUT2D eigenvalue weighted by Gasteiger charge is 2.22. The summed E-state index contributed by atoms with van der Waals surface area (Å²) in [6.07, 6.45) is 2.73. The van der Waals surface area contributed by atoms with E-state index in [1.54, 1.807) is 31.2 Å². The Labute approximate surface area is 168 Å². The van der Waals surface area contributed by atoms with Gasteiger partial charge in [0.1, 0.15) is 11.6 Å². The largest absolute Gasteiger partial charge is 0.382 e. The van der Waals surface area contributed by atoms with Crippen LogP contribution in [0.2, 0.25) is 0 Å². The lowest BCUT2D eigenvalue weighted by Crippen LogP contribution is -2.32. The molecule has 3 aromatic rings. The second-order valence-corrected chi connectivity index (χ2v) is 8.08. The summed E-state index contributed by atoms with van der Waals surface area (Å²) in [7, 11) is -3.90. The minimum absolute atomic E-state index is 0.00390. The lowest BCUT2D eigenvalue weighted by atomic mass is 10.0. The average Bonchev–Trinajstić information content (AvgIpc) is 2.68. The zero-order chi connectivity index (χ0) is 21.0. The van der Waals surface area contributed by atoms with Crippen molar-refractivity contribution in [2.75, 3.05) is 5.73 Å². The molecule has 0 aliphatic heterocycles. The van der Waals surface area contributed by atoms with Gasteiger partial charge in [-0.2, -0.15) is 5.26 Å². The molecule has 29 heavy (non-hydrogen) atoms. The van der Waals surface area contributed by atoms with Crippen LogP contribution in [0.4, 0.5) is 10.2 Å². The van der Waals surface area contributed by atoms with Gasteiger partial charge in [-0.15, -0.1) is 0 Å². The first-order valence-electron chi connectivity index (χ1n) is 8.68. The van der Waals surface area contributed by atoms with Gasteiger partial charge < -0.3 is 5.73 Å². The van der Waals surface area contributed by atoms with Crippen molar-refractivity contribution in [3.63, 3.8) is 0 Å². The Morgan fingerprint density at radius 1 is 1.17 bits per heavy atom. The van der Waals surface area contributed by atoms with Crippen LogP contribution in [0.5, 0.6) is 0 Å². The molecule has 1 aromatic heterocycles. The van der Waals surface area contributed by atoms with E-state index in [0.717, 1.165) is 0 Å². The summed E-state index contributed by atoms with van der Waals surface area (Å²) in [5.41, 5.74) is 6.78. The molecule has 2 aromatic carbocycles. The molecular weight excluding hydrogens is 393 g/mol. The van der Waals surface area contributed by atoms with Gasteiger partial charge in [-0.05, 0) is 30.7 Å². The van der Waals surface area contributed by atoms with Gasteiger partial charge in [-0.1, -0.05) is 24.3 Å². The molecule has 3 N–H and O–H groups in total. The molecule has 7 nitrogen and oxygen atoms in total. The van der Waals surface area contributed by atoms with Crippen LogP contribution in [-0.4, -0.2) is 24.4 Å². The topological polar surface area (TPSA) is 122 Å². The number of benzene rings is 2. The van der Waals surface area contributed by atoms with E-state index in [0.29, 0.717) is 16.8 Å². The number of halogens is 1. The Bertz CT molecular complexity index is 1170. The third kappa shape index (κ3) is 4.56. The molecule has 148 valence electrons. The van der Waals surface area contributed by atoms with Gasteiger partial charge in [0, 0.05) is 17.2 Å². The van der Waals surface area contributed by atoms with Gasteiger partial charge in [-0.25, -0.2) is 22.5 Å². The van der Waals surface area contributed by atoms with Crippen molar-refractivity contribution in [1.82, 2.24) is 14.7 Å². The molecule has 0 aliphatic carbocycles. The van der Waals surface area contributed by atoms with Crippen molar-refractivity contribution in [2.45, 2.75) is 24.3 Å². The van der Waals surface area contributed by atoms with Crippen LogP contribution in [0.1, 0.15) is 13.3 Å². The van der Waals surface area contributed by atoms with E-state index in [2.05, 4.69) is 14.7 Å². The number of nitriles is 1. The van der Waals surface area contributed by atoms with Crippen molar-refractivity contribution in [3.05, 3.63) is 60.7 Å². The number of aromatic nitrogens is 2. The summed E-state index contributed by atoms with van der Waals surface area (Å²) in [5.74, 6) is -0.345. The van der Waals surface area contributed by atoms with Gasteiger partial charge in [0.25, 0.3) is 0 Å². The molecule has 0 aliphatic rings. The first-order chi connectivity index (χ1) is 13.8. The maximum atomic E-state index is 14.8. The third-order valence-electron chi connectivity index (χ3n) is 4.16. The molecule has 0 spiro atoms. The number of nitrogens with one attached hydrogen (secondary N) is 1. The number of hydrogen-bond donors (Lipinski definition) is 2. The van der Waals surface area contributed by atoms with E-state index in [1.165, 1.54) is 30.6 Å². The van der Waals surface area contributed by atoms with Crippen molar-refractivity contribution in [2.24, 2.45) is 0 Å².